The van der Waals surface area contributed by atoms with Crippen LogP contribution in [-0.2, 0) is 4.74 Å². The van der Waals surface area contributed by atoms with E-state index in [0.29, 0.717) is 23.5 Å². The summed E-state index contributed by atoms with van der Waals surface area (Å²) < 4.78 is 34.4. The lowest BCUT2D eigenvalue weighted by molar-refractivity contribution is -0.0493. The van der Waals surface area contributed by atoms with Crippen LogP contribution in [-0.4, -0.2) is 24.3 Å². The lowest BCUT2D eigenvalue weighted by Crippen LogP contribution is -2.20. The number of carbonyl (C=O) groups is 1. The van der Waals surface area contributed by atoms with E-state index in [1.54, 1.807) is 43.3 Å². The number of thiocarbonyl (C=S) groups is 1. The first-order chi connectivity index (χ1) is 12.4. The van der Waals surface area contributed by atoms with Crippen LogP contribution in [0.5, 0.6) is 5.75 Å². The van der Waals surface area contributed by atoms with Crippen LogP contribution in [0.25, 0.3) is 0 Å². The fourth-order valence-electron chi connectivity index (χ4n) is 2.13. The number of rotatable bonds is 6. The van der Waals surface area contributed by atoms with Crippen molar-refractivity contribution in [2.45, 2.75) is 20.5 Å². The summed E-state index contributed by atoms with van der Waals surface area (Å²) in [6.07, 6.45) is 0. The minimum Gasteiger partial charge on any atom is -0.462 e. The zero-order chi connectivity index (χ0) is 19.1. The molecule has 5 nitrogen and oxygen atoms in total. The van der Waals surface area contributed by atoms with Gasteiger partial charge in [-0.1, -0.05) is 6.07 Å². The average molecular weight is 380 g/mol. The van der Waals surface area contributed by atoms with Crippen molar-refractivity contribution < 1.29 is 23.0 Å². The number of hydrogen-bond donors (Lipinski definition) is 2. The van der Waals surface area contributed by atoms with E-state index in [1.165, 1.54) is 6.07 Å². The number of anilines is 2. The van der Waals surface area contributed by atoms with E-state index in [1.807, 2.05) is 6.92 Å². The Morgan fingerprint density at radius 3 is 2.46 bits per heavy atom. The fourth-order valence-corrected chi connectivity index (χ4v) is 2.36. The van der Waals surface area contributed by atoms with Crippen molar-refractivity contribution in [3.05, 3.63) is 53.6 Å². The van der Waals surface area contributed by atoms with E-state index >= 15 is 0 Å². The zero-order valence-electron chi connectivity index (χ0n) is 14.2. The molecular weight excluding hydrogens is 362 g/mol. The molecule has 0 saturated heterocycles. The molecule has 0 bridgehead atoms. The maximum absolute atomic E-state index is 12.5. The van der Waals surface area contributed by atoms with Gasteiger partial charge >= 0.3 is 12.6 Å². The molecule has 0 unspecified atom stereocenters. The number of benzene rings is 2. The Bertz CT molecular complexity index is 783. The quantitative estimate of drug-likeness (QED) is 0.565. The van der Waals surface area contributed by atoms with Crippen LogP contribution in [0, 0.1) is 6.92 Å². The Kier molecular flexibility index (Phi) is 6.85. The first-order valence-electron chi connectivity index (χ1n) is 7.79. The normalized spacial score (nSPS) is 10.3. The first-order valence-corrected chi connectivity index (χ1v) is 8.20. The van der Waals surface area contributed by atoms with E-state index in [-0.39, 0.29) is 10.9 Å². The summed E-state index contributed by atoms with van der Waals surface area (Å²) in [7, 11) is 0. The van der Waals surface area contributed by atoms with Crippen LogP contribution < -0.4 is 15.4 Å². The lowest BCUT2D eigenvalue weighted by atomic mass is 10.2. The minimum absolute atomic E-state index is 0.00703. The van der Waals surface area contributed by atoms with Gasteiger partial charge in [0.15, 0.2) is 5.11 Å². The van der Waals surface area contributed by atoms with Crippen molar-refractivity contribution in [3.63, 3.8) is 0 Å². The van der Waals surface area contributed by atoms with Gasteiger partial charge in [0.2, 0.25) is 0 Å². The topological polar surface area (TPSA) is 59.6 Å². The van der Waals surface area contributed by atoms with Gasteiger partial charge < -0.3 is 20.1 Å². The molecule has 0 heterocycles. The Morgan fingerprint density at radius 2 is 1.85 bits per heavy atom. The highest BCUT2D eigenvalue weighted by molar-refractivity contribution is 7.80. The summed E-state index contributed by atoms with van der Waals surface area (Å²) in [5.41, 5.74) is 2.23. The minimum atomic E-state index is -2.93. The maximum atomic E-state index is 12.5. The second kappa shape index (κ2) is 9.10. The van der Waals surface area contributed by atoms with Gasteiger partial charge in [-0.3, -0.25) is 0 Å². The average Bonchev–Trinajstić information content (AvgIpc) is 2.58. The molecule has 26 heavy (non-hydrogen) atoms. The maximum Gasteiger partial charge on any atom is 0.387 e. The number of alkyl halides is 2. The van der Waals surface area contributed by atoms with Gasteiger partial charge in [-0.2, -0.15) is 8.78 Å². The third-order valence-corrected chi connectivity index (χ3v) is 3.46. The molecule has 0 aliphatic rings. The van der Waals surface area contributed by atoms with Crippen molar-refractivity contribution in [1.82, 2.24) is 0 Å². The zero-order valence-corrected chi connectivity index (χ0v) is 15.0. The van der Waals surface area contributed by atoms with Gasteiger partial charge in [-0.05, 0) is 68.0 Å². The molecule has 2 aromatic carbocycles. The molecule has 2 N–H and O–H groups in total. The number of esters is 1. The Hall–Kier alpha value is -2.74. The molecule has 0 fully saturated rings. The van der Waals surface area contributed by atoms with Crippen LogP contribution in [0.4, 0.5) is 20.2 Å². The highest BCUT2D eigenvalue weighted by Gasteiger charge is 2.11. The number of hydrogen-bond acceptors (Lipinski definition) is 4. The highest BCUT2D eigenvalue weighted by atomic mass is 32.1. The van der Waals surface area contributed by atoms with Gasteiger partial charge in [0.05, 0.1) is 17.9 Å². The number of carbonyl (C=O) groups excluding carboxylic acids is 1. The van der Waals surface area contributed by atoms with Crippen molar-refractivity contribution in [1.29, 1.82) is 0 Å². The standard InChI is InChI=1S/C18H18F2N2O3S/c1-3-24-16(23)12-5-7-13(8-6-12)21-18(26)22-14-10-11(2)4-9-15(14)25-17(19)20/h4-10,17H,3H2,1-2H3,(H2,21,22,26). The number of nitrogens with one attached hydrogen (secondary N) is 2. The smallest absolute Gasteiger partial charge is 0.387 e. The number of halogens is 2. The molecule has 0 spiro atoms. The van der Waals surface area contributed by atoms with Crippen LogP contribution in [0.1, 0.15) is 22.8 Å². The molecule has 0 aromatic heterocycles. The first kappa shape index (κ1) is 19.6. The highest BCUT2D eigenvalue weighted by Crippen LogP contribution is 2.27. The van der Waals surface area contributed by atoms with Crippen molar-refractivity contribution in [3.8, 4) is 5.75 Å². The van der Waals surface area contributed by atoms with E-state index in [4.69, 9.17) is 17.0 Å². The van der Waals surface area contributed by atoms with E-state index in [0.717, 1.165) is 5.56 Å². The van der Waals surface area contributed by atoms with Crippen LogP contribution >= 0.6 is 12.2 Å². The second-order valence-corrected chi connectivity index (χ2v) is 5.66. The fraction of sp³-hybridized carbons (Fsp3) is 0.222. The van der Waals surface area contributed by atoms with Crippen LogP contribution in [0.3, 0.4) is 0 Å². The number of aryl methyl sites for hydroxylation is 1. The summed E-state index contributed by atoms with van der Waals surface area (Å²) in [5.74, 6) is -0.416. The van der Waals surface area contributed by atoms with E-state index in [2.05, 4.69) is 15.4 Å². The van der Waals surface area contributed by atoms with Crippen LogP contribution in [0.2, 0.25) is 0 Å². The van der Waals surface area contributed by atoms with Crippen LogP contribution in [0.15, 0.2) is 42.5 Å². The summed E-state index contributed by atoms with van der Waals surface area (Å²) >= 11 is 5.20. The second-order valence-electron chi connectivity index (χ2n) is 5.26. The molecule has 2 rings (SSSR count). The molecule has 0 saturated carbocycles. The molecule has 0 aliphatic carbocycles. The molecular formula is C18H18F2N2O3S. The molecule has 138 valence electrons. The third-order valence-electron chi connectivity index (χ3n) is 3.25. The van der Waals surface area contributed by atoms with Crippen molar-refractivity contribution in [2.75, 3.05) is 17.2 Å². The predicted octanol–water partition coefficient (Wildman–Crippen LogP) is 4.58. The third kappa shape index (κ3) is 5.66. The van der Waals surface area contributed by atoms with Gasteiger partial charge in [0.1, 0.15) is 5.75 Å². The van der Waals surface area contributed by atoms with Crippen molar-refractivity contribution in [2.24, 2.45) is 0 Å². The molecule has 0 atom stereocenters. The summed E-state index contributed by atoms with van der Waals surface area (Å²) in [6.45, 7) is 0.916. The van der Waals surface area contributed by atoms with Gasteiger partial charge in [-0.25, -0.2) is 4.79 Å². The summed E-state index contributed by atoms with van der Waals surface area (Å²) in [4.78, 5) is 11.6. The Morgan fingerprint density at radius 1 is 1.15 bits per heavy atom. The molecule has 0 radical (unpaired) electrons. The lowest BCUT2D eigenvalue weighted by Gasteiger charge is -2.15. The molecule has 0 amide bonds. The van der Waals surface area contributed by atoms with Gasteiger partial charge in [-0.15, -0.1) is 0 Å². The molecule has 2 aromatic rings. The van der Waals surface area contributed by atoms with Gasteiger partial charge in [0, 0.05) is 5.69 Å². The molecule has 8 heteroatoms. The summed E-state index contributed by atoms with van der Waals surface area (Å²) in [5, 5.41) is 5.94. The largest absolute Gasteiger partial charge is 0.462 e. The Labute approximate surface area is 155 Å². The van der Waals surface area contributed by atoms with Crippen molar-refractivity contribution >= 4 is 34.7 Å². The number of ether oxygens (including phenoxy) is 2. The predicted molar refractivity (Wildman–Crippen MR) is 100 cm³/mol. The van der Waals surface area contributed by atoms with E-state index in [9.17, 15) is 13.6 Å². The summed E-state index contributed by atoms with van der Waals surface area (Å²) in [6, 6.07) is 11.3. The SMILES string of the molecule is CCOC(=O)c1ccc(NC(=S)Nc2cc(C)ccc2OC(F)F)cc1. The van der Waals surface area contributed by atoms with Gasteiger partial charge in [0.25, 0.3) is 0 Å². The van der Waals surface area contributed by atoms with E-state index < -0.39 is 12.6 Å². The monoisotopic (exact) mass is 380 g/mol. The Balaban J connectivity index is 2.05. The molecule has 0 aliphatic heterocycles.